The van der Waals surface area contributed by atoms with Gasteiger partial charge in [-0.15, -0.1) is 0 Å². The molecule has 2 rings (SSSR count). The number of nitro groups is 1. The van der Waals surface area contributed by atoms with E-state index in [1.165, 1.54) is 6.07 Å². The second-order valence-electron chi connectivity index (χ2n) is 5.63. The van der Waals surface area contributed by atoms with Crippen LogP contribution in [0.25, 0.3) is 0 Å². The zero-order valence-electron chi connectivity index (χ0n) is 12.5. The number of nitro benzene ring substituents is 1. The minimum absolute atomic E-state index is 0.0466. The van der Waals surface area contributed by atoms with Gasteiger partial charge < -0.3 is 10.2 Å². The molecule has 1 N–H and O–H groups in total. The average molecular weight is 312 g/mol. The highest BCUT2D eigenvalue weighted by Crippen LogP contribution is 2.29. The lowest BCUT2D eigenvalue weighted by molar-refractivity contribution is -0.384. The van der Waals surface area contributed by atoms with Crippen LogP contribution in [0, 0.1) is 16.0 Å². The first-order chi connectivity index (χ1) is 10.0. The van der Waals surface area contributed by atoms with E-state index in [0.29, 0.717) is 12.0 Å². The smallest absolute Gasteiger partial charge is 0.289 e. The number of halogens is 1. The van der Waals surface area contributed by atoms with Gasteiger partial charge in [-0.25, -0.2) is 0 Å². The molecule has 1 fully saturated rings. The molecule has 1 atom stereocenters. The molecule has 6 heteroatoms. The second kappa shape index (κ2) is 7.09. The highest BCUT2D eigenvalue weighted by atomic mass is 35.5. The molecule has 0 aliphatic carbocycles. The molecule has 0 radical (unpaired) electrons. The monoisotopic (exact) mass is 311 g/mol. The van der Waals surface area contributed by atoms with Crippen molar-refractivity contribution in [1.82, 2.24) is 4.90 Å². The fourth-order valence-corrected chi connectivity index (χ4v) is 3.08. The first-order valence-corrected chi connectivity index (χ1v) is 7.82. The fourth-order valence-electron chi connectivity index (χ4n) is 2.89. The van der Waals surface area contributed by atoms with Gasteiger partial charge in [-0.1, -0.05) is 18.5 Å². The average Bonchev–Trinajstić information content (AvgIpc) is 2.49. The summed E-state index contributed by atoms with van der Waals surface area (Å²) in [6, 6.07) is 5.19. The van der Waals surface area contributed by atoms with Crippen molar-refractivity contribution in [3.8, 4) is 0 Å². The van der Waals surface area contributed by atoms with Gasteiger partial charge >= 0.3 is 0 Å². The van der Waals surface area contributed by atoms with E-state index >= 15 is 0 Å². The van der Waals surface area contributed by atoms with Crippen LogP contribution in [0.1, 0.15) is 26.7 Å². The van der Waals surface area contributed by atoms with E-state index in [1.807, 2.05) is 0 Å². The van der Waals surface area contributed by atoms with E-state index in [2.05, 4.69) is 24.1 Å². The van der Waals surface area contributed by atoms with Crippen LogP contribution >= 0.6 is 11.6 Å². The zero-order chi connectivity index (χ0) is 15.4. The lowest BCUT2D eigenvalue weighted by atomic mass is 9.90. The summed E-state index contributed by atoms with van der Waals surface area (Å²) in [4.78, 5) is 12.9. The number of piperidine rings is 1. The van der Waals surface area contributed by atoms with Gasteiger partial charge in [0, 0.05) is 17.8 Å². The number of rotatable bonds is 5. The molecule has 1 heterocycles. The topological polar surface area (TPSA) is 58.4 Å². The summed E-state index contributed by atoms with van der Waals surface area (Å²) in [5, 5.41) is 14.5. The summed E-state index contributed by atoms with van der Waals surface area (Å²) in [5.41, 5.74) is 0.714. The third-order valence-corrected chi connectivity index (χ3v) is 4.64. The minimum Gasteiger partial charge on any atom is -0.382 e. The van der Waals surface area contributed by atoms with Gasteiger partial charge in [0.25, 0.3) is 5.69 Å². The van der Waals surface area contributed by atoms with E-state index in [9.17, 15) is 10.1 Å². The van der Waals surface area contributed by atoms with Crippen molar-refractivity contribution in [1.29, 1.82) is 0 Å². The van der Waals surface area contributed by atoms with E-state index < -0.39 is 4.92 Å². The number of benzene rings is 1. The van der Waals surface area contributed by atoms with E-state index in [1.54, 1.807) is 12.1 Å². The second-order valence-corrected chi connectivity index (χ2v) is 6.04. The summed E-state index contributed by atoms with van der Waals surface area (Å²) in [5.74, 6) is 0.600. The number of likely N-dealkylation sites (tertiary alicyclic amines) is 1. The van der Waals surface area contributed by atoms with Gasteiger partial charge in [0.2, 0.25) is 0 Å². The number of nitrogens with one attached hydrogen (secondary N) is 1. The minimum atomic E-state index is -0.447. The van der Waals surface area contributed by atoms with Crippen molar-refractivity contribution in [2.24, 2.45) is 5.92 Å². The van der Waals surface area contributed by atoms with Crippen molar-refractivity contribution in [2.45, 2.75) is 32.7 Å². The predicted molar refractivity (Wildman–Crippen MR) is 86.0 cm³/mol. The first kappa shape index (κ1) is 16.0. The van der Waals surface area contributed by atoms with Crippen LogP contribution in [0.5, 0.6) is 0 Å². The van der Waals surface area contributed by atoms with Crippen LogP contribution in [-0.4, -0.2) is 35.5 Å². The number of anilines is 1. The summed E-state index contributed by atoms with van der Waals surface area (Å²) in [7, 11) is 0. The standard InChI is InChI=1S/C15H22ClN3O2/c1-3-18-8-6-12(7-9-18)11(2)17-13-4-5-14(16)15(10-13)19(20)21/h4-5,10-12,17H,3,6-9H2,1-2H3. The molecule has 1 unspecified atom stereocenters. The number of nitrogens with zero attached hydrogens (tertiary/aromatic N) is 2. The Balaban J connectivity index is 1.98. The van der Waals surface area contributed by atoms with Gasteiger partial charge in [0.1, 0.15) is 5.02 Å². The lowest BCUT2D eigenvalue weighted by Gasteiger charge is -2.34. The zero-order valence-corrected chi connectivity index (χ0v) is 13.3. The molecule has 116 valence electrons. The number of hydrogen-bond acceptors (Lipinski definition) is 4. The molecule has 0 amide bonds. The summed E-state index contributed by atoms with van der Waals surface area (Å²) in [6.45, 7) is 7.71. The van der Waals surface area contributed by atoms with Gasteiger partial charge in [-0.3, -0.25) is 10.1 Å². The van der Waals surface area contributed by atoms with Crippen LogP contribution in [0.15, 0.2) is 18.2 Å². The Bertz CT molecular complexity index is 502. The van der Waals surface area contributed by atoms with Crippen LogP contribution in [-0.2, 0) is 0 Å². The van der Waals surface area contributed by atoms with E-state index in [0.717, 1.165) is 38.2 Å². The van der Waals surface area contributed by atoms with Gasteiger partial charge in [0.15, 0.2) is 0 Å². The van der Waals surface area contributed by atoms with Crippen LogP contribution < -0.4 is 5.32 Å². The first-order valence-electron chi connectivity index (χ1n) is 7.44. The summed E-state index contributed by atoms with van der Waals surface area (Å²) < 4.78 is 0. The van der Waals surface area contributed by atoms with Gasteiger partial charge in [-0.2, -0.15) is 0 Å². The maximum Gasteiger partial charge on any atom is 0.289 e. The third-order valence-electron chi connectivity index (χ3n) is 4.32. The van der Waals surface area contributed by atoms with Crippen molar-refractivity contribution >= 4 is 23.0 Å². The molecule has 1 aliphatic heterocycles. The Morgan fingerprint density at radius 3 is 2.71 bits per heavy atom. The molecule has 1 aliphatic rings. The van der Waals surface area contributed by atoms with E-state index in [-0.39, 0.29) is 10.7 Å². The van der Waals surface area contributed by atoms with Crippen molar-refractivity contribution < 1.29 is 4.92 Å². The third kappa shape index (κ3) is 4.08. The normalized spacial score (nSPS) is 18.4. The Labute approximate surface area is 130 Å². The molecule has 0 saturated carbocycles. The van der Waals surface area contributed by atoms with Gasteiger partial charge in [-0.05, 0) is 57.5 Å². The molecule has 1 saturated heterocycles. The molecule has 1 aromatic carbocycles. The Hall–Kier alpha value is -1.33. The molecule has 1 aromatic rings. The molecule has 21 heavy (non-hydrogen) atoms. The largest absolute Gasteiger partial charge is 0.382 e. The quantitative estimate of drug-likeness (QED) is 0.664. The van der Waals surface area contributed by atoms with Crippen molar-refractivity contribution in [2.75, 3.05) is 25.0 Å². The fraction of sp³-hybridized carbons (Fsp3) is 0.600. The highest BCUT2D eigenvalue weighted by Gasteiger charge is 2.23. The van der Waals surface area contributed by atoms with Gasteiger partial charge in [0.05, 0.1) is 4.92 Å². The highest BCUT2D eigenvalue weighted by molar-refractivity contribution is 6.32. The Kier molecular flexibility index (Phi) is 5.42. The molecule has 0 bridgehead atoms. The molecule has 5 nitrogen and oxygen atoms in total. The number of hydrogen-bond donors (Lipinski definition) is 1. The maximum absolute atomic E-state index is 10.9. The van der Waals surface area contributed by atoms with Crippen LogP contribution in [0.2, 0.25) is 5.02 Å². The Morgan fingerprint density at radius 2 is 2.14 bits per heavy atom. The maximum atomic E-state index is 10.9. The molecular weight excluding hydrogens is 290 g/mol. The summed E-state index contributed by atoms with van der Waals surface area (Å²) >= 11 is 5.83. The van der Waals surface area contributed by atoms with Crippen LogP contribution in [0.3, 0.4) is 0 Å². The molecule has 0 aromatic heterocycles. The van der Waals surface area contributed by atoms with Crippen molar-refractivity contribution in [3.63, 3.8) is 0 Å². The van der Waals surface area contributed by atoms with E-state index in [4.69, 9.17) is 11.6 Å². The molecular formula is C15H22ClN3O2. The Morgan fingerprint density at radius 1 is 1.48 bits per heavy atom. The predicted octanol–water partition coefficient (Wildman–Crippen LogP) is 3.78. The lowest BCUT2D eigenvalue weighted by Crippen LogP contribution is -2.39. The molecule has 0 spiro atoms. The summed E-state index contributed by atoms with van der Waals surface area (Å²) in [6.07, 6.45) is 2.33. The van der Waals surface area contributed by atoms with Crippen LogP contribution in [0.4, 0.5) is 11.4 Å². The SMILES string of the molecule is CCN1CCC(C(C)Nc2ccc(Cl)c([N+](=O)[O-])c2)CC1. The van der Waals surface area contributed by atoms with Crippen molar-refractivity contribution in [3.05, 3.63) is 33.3 Å².